The molecular weight excluding hydrogens is 448 g/mol. The first-order valence-electron chi connectivity index (χ1n) is 10.6. The van der Waals surface area contributed by atoms with Crippen LogP contribution in [-0.2, 0) is 4.79 Å². The monoisotopic (exact) mass is 468 g/mol. The van der Waals surface area contributed by atoms with Crippen LogP contribution in [0.3, 0.4) is 0 Å². The minimum atomic E-state index is -0.187. The van der Waals surface area contributed by atoms with E-state index in [0.717, 1.165) is 16.7 Å². The molecule has 34 heavy (non-hydrogen) atoms. The first-order valence-corrected chi connectivity index (χ1v) is 11.6. The molecule has 0 saturated heterocycles. The second kappa shape index (κ2) is 9.36. The smallest absolute Gasteiger partial charge is 0.234 e. The molecule has 5 aromatic rings. The predicted octanol–water partition coefficient (Wildman–Crippen LogP) is 5.61. The second-order valence-corrected chi connectivity index (χ2v) is 8.54. The first-order chi connectivity index (χ1) is 16.6. The summed E-state index contributed by atoms with van der Waals surface area (Å²) in [5.41, 5.74) is 2.86. The Balaban J connectivity index is 1.39. The summed E-state index contributed by atoms with van der Waals surface area (Å²) < 4.78 is 7.91. The van der Waals surface area contributed by atoms with Crippen molar-refractivity contribution in [3.8, 4) is 17.3 Å². The summed E-state index contributed by atoms with van der Waals surface area (Å²) in [5, 5.41) is 13.1. The van der Waals surface area contributed by atoms with Crippen molar-refractivity contribution in [1.29, 1.82) is 0 Å². The lowest BCUT2D eigenvalue weighted by Gasteiger charge is -2.09. The van der Waals surface area contributed by atoms with E-state index in [0.29, 0.717) is 28.0 Å². The molecule has 0 aliphatic carbocycles. The number of fused-ring (bicyclic) bond motifs is 1. The number of thioether (sulfide) groups is 1. The molecule has 168 valence electrons. The summed E-state index contributed by atoms with van der Waals surface area (Å²) in [6, 6.07) is 26.2. The summed E-state index contributed by atoms with van der Waals surface area (Å²) in [7, 11) is 0. The van der Waals surface area contributed by atoms with Crippen LogP contribution >= 0.6 is 11.8 Å². The van der Waals surface area contributed by atoms with Crippen LogP contribution in [0.5, 0.6) is 0 Å². The Morgan fingerprint density at radius 3 is 2.41 bits per heavy atom. The fourth-order valence-corrected chi connectivity index (χ4v) is 4.29. The van der Waals surface area contributed by atoms with E-state index < -0.39 is 0 Å². The van der Waals surface area contributed by atoms with Gasteiger partial charge < -0.3 is 9.73 Å². The molecule has 0 fully saturated rings. The lowest BCUT2D eigenvalue weighted by Crippen LogP contribution is -2.14. The average Bonchev–Trinajstić information content (AvgIpc) is 3.47. The number of para-hydroxylation sites is 2. The maximum atomic E-state index is 12.6. The van der Waals surface area contributed by atoms with Crippen LogP contribution in [-0.4, -0.2) is 32.2 Å². The van der Waals surface area contributed by atoms with E-state index in [4.69, 9.17) is 4.42 Å². The minimum absolute atomic E-state index is 0.0195. The molecule has 3 aromatic carbocycles. The summed E-state index contributed by atoms with van der Waals surface area (Å²) >= 11 is 1.28. The topological polar surface area (TPSA) is 90.0 Å². The largest absolute Gasteiger partial charge is 0.453 e. The molecule has 5 rings (SSSR count). The van der Waals surface area contributed by atoms with Crippen molar-refractivity contribution in [3.63, 3.8) is 0 Å². The number of aromatic nitrogens is 3. The van der Waals surface area contributed by atoms with Crippen molar-refractivity contribution < 1.29 is 14.0 Å². The van der Waals surface area contributed by atoms with Crippen LogP contribution in [0.15, 0.2) is 94.5 Å². The summed E-state index contributed by atoms with van der Waals surface area (Å²) in [4.78, 5) is 24.0. The van der Waals surface area contributed by atoms with Gasteiger partial charge in [0.2, 0.25) is 11.7 Å². The van der Waals surface area contributed by atoms with Crippen molar-refractivity contribution >= 4 is 40.1 Å². The van der Waals surface area contributed by atoms with Gasteiger partial charge in [-0.15, -0.1) is 10.2 Å². The number of nitrogens with one attached hydrogen (secondary N) is 1. The molecule has 7 nitrogen and oxygen atoms in total. The third-order valence-corrected chi connectivity index (χ3v) is 6.13. The zero-order valence-electron chi connectivity index (χ0n) is 18.3. The predicted molar refractivity (Wildman–Crippen MR) is 132 cm³/mol. The SMILES string of the molecule is CC(=O)c1ccc(NC(=O)CSc2nnc(-c3cc4ccccc4o3)n2-c2ccccc2)cc1. The van der Waals surface area contributed by atoms with Gasteiger partial charge in [-0.25, -0.2) is 0 Å². The van der Waals surface area contributed by atoms with E-state index >= 15 is 0 Å². The maximum absolute atomic E-state index is 12.6. The number of Topliss-reactive ketones (excluding diaryl/α,β-unsaturated/α-hetero) is 1. The lowest BCUT2D eigenvalue weighted by atomic mass is 10.1. The van der Waals surface area contributed by atoms with Gasteiger partial charge in [-0.05, 0) is 55.5 Å². The van der Waals surface area contributed by atoms with Crippen LogP contribution in [0.2, 0.25) is 0 Å². The Bertz CT molecular complexity index is 1440. The maximum Gasteiger partial charge on any atom is 0.234 e. The zero-order chi connectivity index (χ0) is 23.5. The van der Waals surface area contributed by atoms with Gasteiger partial charge in [0.25, 0.3) is 0 Å². The van der Waals surface area contributed by atoms with Crippen molar-refractivity contribution in [3.05, 3.63) is 90.5 Å². The summed E-state index contributed by atoms with van der Waals surface area (Å²) in [6.07, 6.45) is 0. The molecule has 0 aliphatic rings. The Morgan fingerprint density at radius 1 is 0.941 bits per heavy atom. The van der Waals surface area contributed by atoms with E-state index in [1.807, 2.05) is 65.2 Å². The van der Waals surface area contributed by atoms with E-state index in [2.05, 4.69) is 15.5 Å². The van der Waals surface area contributed by atoms with E-state index in [1.54, 1.807) is 24.3 Å². The number of carbonyl (C=O) groups is 2. The number of furan rings is 1. The van der Waals surface area contributed by atoms with Crippen LogP contribution in [0.4, 0.5) is 5.69 Å². The van der Waals surface area contributed by atoms with Gasteiger partial charge in [0.05, 0.1) is 5.75 Å². The normalized spacial score (nSPS) is 11.0. The highest BCUT2D eigenvalue weighted by molar-refractivity contribution is 7.99. The lowest BCUT2D eigenvalue weighted by molar-refractivity contribution is -0.113. The number of hydrogen-bond acceptors (Lipinski definition) is 6. The minimum Gasteiger partial charge on any atom is -0.453 e. The van der Waals surface area contributed by atoms with Crippen LogP contribution < -0.4 is 5.32 Å². The quantitative estimate of drug-likeness (QED) is 0.247. The highest BCUT2D eigenvalue weighted by atomic mass is 32.2. The van der Waals surface area contributed by atoms with Crippen LogP contribution in [0, 0.1) is 0 Å². The Morgan fingerprint density at radius 2 is 1.68 bits per heavy atom. The van der Waals surface area contributed by atoms with Crippen molar-refractivity contribution in [2.24, 2.45) is 0 Å². The molecule has 1 amide bonds. The Hall–Kier alpha value is -4.17. The summed E-state index contributed by atoms with van der Waals surface area (Å²) in [5.74, 6) is 1.09. The number of anilines is 1. The van der Waals surface area contributed by atoms with E-state index in [9.17, 15) is 9.59 Å². The summed E-state index contributed by atoms with van der Waals surface area (Å²) in [6.45, 7) is 1.51. The van der Waals surface area contributed by atoms with Crippen molar-refractivity contribution in [2.75, 3.05) is 11.1 Å². The van der Waals surface area contributed by atoms with Crippen LogP contribution in [0.1, 0.15) is 17.3 Å². The molecule has 0 unspecified atom stereocenters. The van der Waals surface area contributed by atoms with E-state index in [-0.39, 0.29) is 17.4 Å². The Labute approximate surface area is 199 Å². The van der Waals surface area contributed by atoms with Gasteiger partial charge in [0, 0.05) is 22.3 Å². The fourth-order valence-electron chi connectivity index (χ4n) is 3.54. The van der Waals surface area contributed by atoms with Gasteiger partial charge in [-0.1, -0.05) is 48.2 Å². The van der Waals surface area contributed by atoms with Gasteiger partial charge in [-0.3, -0.25) is 14.2 Å². The standard InChI is InChI=1S/C26H20N4O3S/c1-17(31)18-11-13-20(14-12-18)27-24(32)16-34-26-29-28-25(30(26)21-8-3-2-4-9-21)23-15-19-7-5-6-10-22(19)33-23/h2-15H,16H2,1H3,(H,27,32). The van der Waals surface area contributed by atoms with Crippen molar-refractivity contribution in [2.45, 2.75) is 12.1 Å². The number of hydrogen-bond donors (Lipinski definition) is 1. The zero-order valence-corrected chi connectivity index (χ0v) is 19.1. The van der Waals surface area contributed by atoms with Gasteiger partial charge in [-0.2, -0.15) is 0 Å². The second-order valence-electron chi connectivity index (χ2n) is 7.60. The molecular formula is C26H20N4O3S. The molecule has 0 atom stereocenters. The molecule has 2 aromatic heterocycles. The van der Waals surface area contributed by atoms with Crippen LogP contribution in [0.25, 0.3) is 28.2 Å². The molecule has 0 radical (unpaired) electrons. The molecule has 1 N–H and O–H groups in total. The van der Waals surface area contributed by atoms with E-state index in [1.165, 1.54) is 18.7 Å². The third-order valence-electron chi connectivity index (χ3n) is 5.20. The first kappa shape index (κ1) is 21.7. The molecule has 0 bridgehead atoms. The molecule has 8 heteroatoms. The Kier molecular flexibility index (Phi) is 5.97. The fraction of sp³-hybridized carbons (Fsp3) is 0.0769. The van der Waals surface area contributed by atoms with Crippen molar-refractivity contribution in [1.82, 2.24) is 14.8 Å². The van der Waals surface area contributed by atoms with Gasteiger partial charge >= 0.3 is 0 Å². The highest BCUT2D eigenvalue weighted by Crippen LogP contribution is 2.31. The third kappa shape index (κ3) is 4.49. The number of nitrogens with zero attached hydrogens (tertiary/aromatic N) is 3. The number of amides is 1. The molecule has 2 heterocycles. The number of benzene rings is 3. The van der Waals surface area contributed by atoms with Gasteiger partial charge in [0.15, 0.2) is 16.7 Å². The molecule has 0 saturated carbocycles. The van der Waals surface area contributed by atoms with Gasteiger partial charge in [0.1, 0.15) is 5.58 Å². The highest BCUT2D eigenvalue weighted by Gasteiger charge is 2.20. The molecule has 0 spiro atoms. The number of rotatable bonds is 7. The number of ketones is 1. The molecule has 0 aliphatic heterocycles. The average molecular weight is 469 g/mol. The number of carbonyl (C=O) groups excluding carboxylic acids is 2.